The lowest BCUT2D eigenvalue weighted by atomic mass is 10.0. The van der Waals surface area contributed by atoms with E-state index in [1.165, 1.54) is 24.3 Å². The summed E-state index contributed by atoms with van der Waals surface area (Å²) >= 11 is 0. The molecule has 0 saturated carbocycles. The Labute approximate surface area is 180 Å². The van der Waals surface area contributed by atoms with Gasteiger partial charge in [-0.2, -0.15) is 0 Å². The molecule has 0 unspecified atom stereocenters. The van der Waals surface area contributed by atoms with Crippen molar-refractivity contribution in [2.75, 3.05) is 0 Å². The number of benzene rings is 4. The minimum atomic E-state index is -3.98. The van der Waals surface area contributed by atoms with Gasteiger partial charge in [-0.3, -0.25) is 0 Å². The van der Waals surface area contributed by atoms with Gasteiger partial charge in [0.2, 0.25) is 9.84 Å². The van der Waals surface area contributed by atoms with E-state index < -0.39 is 21.5 Å². The Hall–Kier alpha value is -3.31. The van der Waals surface area contributed by atoms with Crippen LogP contribution in [-0.2, 0) is 9.84 Å². The van der Waals surface area contributed by atoms with Crippen molar-refractivity contribution >= 4 is 9.84 Å². The Balaban J connectivity index is 1.80. The Morgan fingerprint density at radius 1 is 0.548 bits per heavy atom. The Bertz CT molecular complexity index is 1260. The molecule has 156 valence electrons. The lowest BCUT2D eigenvalue weighted by molar-refractivity contribution is 0.594. The van der Waals surface area contributed by atoms with Crippen LogP contribution in [0.4, 0.5) is 8.78 Å². The summed E-state index contributed by atoms with van der Waals surface area (Å²) in [6, 6.07) is 21.7. The summed E-state index contributed by atoms with van der Waals surface area (Å²) in [7, 11) is -3.98. The van der Waals surface area contributed by atoms with Crippen molar-refractivity contribution in [3.63, 3.8) is 0 Å². The normalized spacial score (nSPS) is 11.5. The molecule has 2 nitrogen and oxygen atoms in total. The van der Waals surface area contributed by atoms with Crippen molar-refractivity contribution in [3.8, 4) is 22.3 Å². The third-order valence-electron chi connectivity index (χ3n) is 5.22. The maximum Gasteiger partial charge on any atom is 0.206 e. The monoisotopic (exact) mass is 434 g/mol. The van der Waals surface area contributed by atoms with Gasteiger partial charge >= 0.3 is 0 Å². The zero-order chi connectivity index (χ0) is 22.2. The molecule has 0 radical (unpaired) electrons. The van der Waals surface area contributed by atoms with Crippen molar-refractivity contribution in [1.29, 1.82) is 0 Å². The average molecular weight is 435 g/mol. The van der Waals surface area contributed by atoms with Gasteiger partial charge in [-0.05, 0) is 61.4 Å². The molecule has 0 aliphatic rings. The average Bonchev–Trinajstić information content (AvgIpc) is 2.75. The van der Waals surface area contributed by atoms with Gasteiger partial charge in [0.25, 0.3) is 0 Å². The largest absolute Gasteiger partial charge is 0.219 e. The zero-order valence-electron chi connectivity index (χ0n) is 17.1. The van der Waals surface area contributed by atoms with Crippen LogP contribution in [0.2, 0.25) is 0 Å². The summed E-state index contributed by atoms with van der Waals surface area (Å²) in [4.78, 5) is -0.100. The molecule has 0 aromatic heterocycles. The van der Waals surface area contributed by atoms with E-state index in [2.05, 4.69) is 0 Å². The molecule has 0 bridgehead atoms. The molecule has 4 aromatic rings. The molecular weight excluding hydrogens is 414 g/mol. The smallest absolute Gasteiger partial charge is 0.206 e. The van der Waals surface area contributed by atoms with E-state index in [1.54, 1.807) is 24.3 Å². The fraction of sp³-hybridized carbons (Fsp3) is 0.0769. The summed E-state index contributed by atoms with van der Waals surface area (Å²) in [5.74, 6) is -1.02. The lowest BCUT2D eigenvalue weighted by Gasteiger charge is -2.11. The van der Waals surface area contributed by atoms with Crippen molar-refractivity contribution in [3.05, 3.63) is 108 Å². The summed E-state index contributed by atoms with van der Waals surface area (Å²) in [6.07, 6.45) is 0. The van der Waals surface area contributed by atoms with Crippen molar-refractivity contribution < 1.29 is 17.2 Å². The van der Waals surface area contributed by atoms with Gasteiger partial charge in [0.05, 0.1) is 9.79 Å². The van der Waals surface area contributed by atoms with E-state index in [0.29, 0.717) is 11.1 Å². The molecule has 4 aromatic carbocycles. The van der Waals surface area contributed by atoms with Crippen LogP contribution in [0.5, 0.6) is 0 Å². The van der Waals surface area contributed by atoms with Gasteiger partial charge in [-0.1, -0.05) is 59.7 Å². The molecule has 0 amide bonds. The predicted octanol–water partition coefficient (Wildman–Crippen LogP) is 6.75. The van der Waals surface area contributed by atoms with Gasteiger partial charge in [0.1, 0.15) is 11.6 Å². The van der Waals surface area contributed by atoms with Crippen LogP contribution in [0.1, 0.15) is 11.1 Å². The van der Waals surface area contributed by atoms with Crippen LogP contribution in [0.25, 0.3) is 22.3 Å². The lowest BCUT2D eigenvalue weighted by Crippen LogP contribution is -2.04. The first-order valence-electron chi connectivity index (χ1n) is 9.74. The summed E-state index contributed by atoms with van der Waals surface area (Å²) in [5, 5.41) is 0. The first-order chi connectivity index (χ1) is 14.8. The minimum Gasteiger partial charge on any atom is -0.219 e. The van der Waals surface area contributed by atoms with E-state index in [-0.39, 0.29) is 20.9 Å². The maximum atomic E-state index is 14.5. The van der Waals surface area contributed by atoms with E-state index >= 15 is 0 Å². The van der Waals surface area contributed by atoms with Crippen LogP contribution in [0, 0.1) is 25.5 Å². The fourth-order valence-electron chi connectivity index (χ4n) is 3.39. The minimum absolute atomic E-state index is 0.0501. The van der Waals surface area contributed by atoms with Crippen LogP contribution >= 0.6 is 0 Å². The second kappa shape index (κ2) is 8.08. The molecule has 4 rings (SSSR count). The number of rotatable bonds is 4. The Kier molecular flexibility index (Phi) is 5.46. The molecule has 5 heteroatoms. The molecule has 0 atom stereocenters. The van der Waals surface area contributed by atoms with Crippen LogP contribution in [0.3, 0.4) is 0 Å². The van der Waals surface area contributed by atoms with Gasteiger partial charge in [-0.15, -0.1) is 0 Å². The Morgan fingerprint density at radius 2 is 0.903 bits per heavy atom. The fourth-order valence-corrected chi connectivity index (χ4v) is 4.70. The molecule has 0 spiro atoms. The van der Waals surface area contributed by atoms with E-state index in [4.69, 9.17) is 0 Å². The van der Waals surface area contributed by atoms with Gasteiger partial charge in [0.15, 0.2) is 0 Å². The summed E-state index contributed by atoms with van der Waals surface area (Å²) < 4.78 is 55.5. The predicted molar refractivity (Wildman–Crippen MR) is 119 cm³/mol. The third kappa shape index (κ3) is 4.14. The highest BCUT2D eigenvalue weighted by molar-refractivity contribution is 7.91. The highest BCUT2D eigenvalue weighted by Crippen LogP contribution is 2.32. The number of sulfone groups is 1. The molecular formula is C26H20F2O2S. The molecule has 0 aliphatic carbocycles. The van der Waals surface area contributed by atoms with E-state index in [1.807, 2.05) is 38.1 Å². The quantitative estimate of drug-likeness (QED) is 0.333. The molecule has 0 fully saturated rings. The molecule has 0 N–H and O–H groups in total. The third-order valence-corrected chi connectivity index (χ3v) is 6.97. The maximum absolute atomic E-state index is 14.5. The van der Waals surface area contributed by atoms with Gasteiger partial charge in [-0.25, -0.2) is 17.2 Å². The van der Waals surface area contributed by atoms with Crippen molar-refractivity contribution in [1.82, 2.24) is 0 Å². The highest BCUT2D eigenvalue weighted by Gasteiger charge is 2.21. The summed E-state index contributed by atoms with van der Waals surface area (Å²) in [5.41, 5.74) is 3.59. The van der Waals surface area contributed by atoms with E-state index in [0.717, 1.165) is 23.3 Å². The van der Waals surface area contributed by atoms with Crippen LogP contribution < -0.4 is 0 Å². The highest BCUT2D eigenvalue weighted by atomic mass is 32.2. The van der Waals surface area contributed by atoms with E-state index in [9.17, 15) is 17.2 Å². The number of hydrogen-bond donors (Lipinski definition) is 0. The Morgan fingerprint density at radius 3 is 1.26 bits per heavy atom. The topological polar surface area (TPSA) is 34.1 Å². The number of aryl methyl sites for hydroxylation is 2. The molecule has 31 heavy (non-hydrogen) atoms. The SMILES string of the molecule is Cc1ccc(-c2cc(S(=O)(=O)c3ccc(F)c(-c4ccc(C)cc4)c3)ccc2F)cc1. The number of halogens is 2. The standard InChI is InChI=1S/C26H20F2O2S/c1-17-3-7-19(8-4-17)23-15-21(11-13-25(23)27)31(29,30)22-12-14-26(28)24(16-22)20-9-5-18(2)6-10-20/h3-16H,1-2H3. The van der Waals surface area contributed by atoms with Gasteiger partial charge < -0.3 is 0 Å². The van der Waals surface area contributed by atoms with Crippen molar-refractivity contribution in [2.24, 2.45) is 0 Å². The zero-order valence-corrected chi connectivity index (χ0v) is 17.9. The molecule has 0 aliphatic heterocycles. The second-order valence-corrected chi connectivity index (χ2v) is 9.47. The first kappa shape index (κ1) is 20.9. The first-order valence-corrected chi connectivity index (χ1v) is 11.2. The van der Waals surface area contributed by atoms with Crippen molar-refractivity contribution in [2.45, 2.75) is 23.6 Å². The molecule has 0 saturated heterocycles. The molecule has 0 heterocycles. The number of hydrogen-bond acceptors (Lipinski definition) is 2. The van der Waals surface area contributed by atoms with Crippen LogP contribution in [-0.4, -0.2) is 8.42 Å². The summed E-state index contributed by atoms with van der Waals surface area (Å²) in [6.45, 7) is 3.84. The van der Waals surface area contributed by atoms with Gasteiger partial charge in [0, 0.05) is 11.1 Å². The second-order valence-electron chi connectivity index (χ2n) is 7.52. The van der Waals surface area contributed by atoms with Crippen LogP contribution in [0.15, 0.2) is 94.7 Å².